The fourth-order valence-corrected chi connectivity index (χ4v) is 2.27. The van der Waals surface area contributed by atoms with Crippen molar-refractivity contribution in [1.29, 1.82) is 0 Å². The van der Waals surface area contributed by atoms with E-state index in [0.29, 0.717) is 11.3 Å². The van der Waals surface area contributed by atoms with Gasteiger partial charge in [0.05, 0.1) is 12.7 Å². The monoisotopic (exact) mass is 259 g/mol. The van der Waals surface area contributed by atoms with Crippen LogP contribution in [0.15, 0.2) is 24.3 Å². The molecule has 0 aliphatic rings. The summed E-state index contributed by atoms with van der Waals surface area (Å²) in [6, 6.07) is 7.49. The predicted octanol–water partition coefficient (Wildman–Crippen LogP) is 2.80. The molecule has 1 aromatic carbocycles. The summed E-state index contributed by atoms with van der Waals surface area (Å²) < 4.78 is 6.52. The summed E-state index contributed by atoms with van der Waals surface area (Å²) in [5.74, 6) is -0.700. The molecule has 4 heteroatoms. The largest absolute Gasteiger partial charge is 0.464 e. The number of Topliss-reactive ketones (excluding diaryl/α,β-unsaturated/α-hetero) is 1. The molecule has 0 saturated carbocycles. The zero-order chi connectivity index (χ0) is 14.2. The van der Waals surface area contributed by atoms with Crippen LogP contribution in [0.4, 0.5) is 0 Å². The molecule has 1 heterocycles. The molecule has 0 spiro atoms. The van der Waals surface area contributed by atoms with Crippen molar-refractivity contribution in [2.45, 2.75) is 13.8 Å². The van der Waals surface area contributed by atoms with Gasteiger partial charge in [0.2, 0.25) is 0 Å². The van der Waals surface area contributed by atoms with E-state index >= 15 is 0 Å². The number of hydrogen-bond donors (Lipinski definition) is 0. The molecule has 0 atom stereocenters. The number of carbonyl (C=O) groups is 2. The highest BCUT2D eigenvalue weighted by molar-refractivity contribution is 6.16. The van der Waals surface area contributed by atoms with E-state index in [1.807, 2.05) is 38.1 Å². The molecule has 0 saturated heterocycles. The maximum absolute atomic E-state index is 12.4. The second-order valence-electron chi connectivity index (χ2n) is 4.81. The van der Waals surface area contributed by atoms with Crippen LogP contribution in [0.25, 0.3) is 10.9 Å². The first-order valence-electron chi connectivity index (χ1n) is 6.19. The van der Waals surface area contributed by atoms with Crippen LogP contribution in [0, 0.1) is 5.92 Å². The van der Waals surface area contributed by atoms with Gasteiger partial charge in [0.15, 0.2) is 5.78 Å². The normalized spacial score (nSPS) is 11.0. The second kappa shape index (κ2) is 4.88. The number of carbonyl (C=O) groups excluding carboxylic acids is 2. The number of benzene rings is 1. The summed E-state index contributed by atoms with van der Waals surface area (Å²) in [4.78, 5) is 24.3. The maximum Gasteiger partial charge on any atom is 0.355 e. The Bertz CT molecular complexity index is 653. The molecule has 0 bridgehead atoms. The Morgan fingerprint density at radius 2 is 1.84 bits per heavy atom. The van der Waals surface area contributed by atoms with Gasteiger partial charge < -0.3 is 9.30 Å². The van der Waals surface area contributed by atoms with Crippen molar-refractivity contribution in [3.05, 3.63) is 35.5 Å². The third-order valence-electron chi connectivity index (χ3n) is 3.26. The Morgan fingerprint density at radius 3 is 2.42 bits per heavy atom. The summed E-state index contributed by atoms with van der Waals surface area (Å²) in [5, 5.41) is 0.795. The number of aromatic nitrogens is 1. The van der Waals surface area contributed by atoms with Gasteiger partial charge in [-0.3, -0.25) is 4.79 Å². The molecule has 0 radical (unpaired) electrons. The first-order chi connectivity index (χ1) is 8.99. The van der Waals surface area contributed by atoms with Crippen LogP contribution in [0.1, 0.15) is 34.7 Å². The van der Waals surface area contributed by atoms with Crippen molar-refractivity contribution in [2.24, 2.45) is 13.0 Å². The fraction of sp³-hybridized carbons (Fsp3) is 0.333. The Balaban J connectivity index is 2.84. The van der Waals surface area contributed by atoms with Crippen LogP contribution in [0.5, 0.6) is 0 Å². The molecule has 0 aliphatic carbocycles. The van der Waals surface area contributed by atoms with Gasteiger partial charge in [-0.25, -0.2) is 4.79 Å². The third kappa shape index (κ3) is 2.03. The minimum atomic E-state index is -0.484. The number of rotatable bonds is 3. The SMILES string of the molecule is COC(=O)c1c(C(=O)C(C)C)c2ccccc2n1C. The van der Waals surface area contributed by atoms with Crippen molar-refractivity contribution in [2.75, 3.05) is 7.11 Å². The fourth-order valence-electron chi connectivity index (χ4n) is 2.27. The smallest absolute Gasteiger partial charge is 0.355 e. The van der Waals surface area contributed by atoms with E-state index in [1.54, 1.807) is 11.6 Å². The standard InChI is InChI=1S/C15H17NO3/c1-9(2)14(17)12-10-7-5-6-8-11(10)16(3)13(12)15(18)19-4/h5-9H,1-4H3. The molecular weight excluding hydrogens is 242 g/mol. The zero-order valence-corrected chi connectivity index (χ0v) is 11.6. The number of aryl methyl sites for hydroxylation is 1. The molecule has 2 aromatic rings. The van der Waals surface area contributed by atoms with E-state index in [9.17, 15) is 9.59 Å². The molecule has 4 nitrogen and oxygen atoms in total. The van der Waals surface area contributed by atoms with Gasteiger partial charge >= 0.3 is 5.97 Å². The first kappa shape index (κ1) is 13.3. The molecule has 1 aromatic heterocycles. The molecule has 19 heavy (non-hydrogen) atoms. The van der Waals surface area contributed by atoms with Gasteiger partial charge in [0, 0.05) is 23.9 Å². The van der Waals surface area contributed by atoms with E-state index in [2.05, 4.69) is 0 Å². The summed E-state index contributed by atoms with van der Waals surface area (Å²) in [7, 11) is 3.09. The number of methoxy groups -OCH3 is 1. The van der Waals surface area contributed by atoms with Gasteiger partial charge in [-0.1, -0.05) is 32.0 Å². The van der Waals surface area contributed by atoms with E-state index in [-0.39, 0.29) is 11.7 Å². The van der Waals surface area contributed by atoms with Crippen LogP contribution in [0.2, 0.25) is 0 Å². The predicted molar refractivity (Wildman–Crippen MR) is 73.4 cm³/mol. The van der Waals surface area contributed by atoms with Crippen molar-refractivity contribution in [3.63, 3.8) is 0 Å². The number of esters is 1. The average molecular weight is 259 g/mol. The number of para-hydroxylation sites is 1. The van der Waals surface area contributed by atoms with Crippen LogP contribution >= 0.6 is 0 Å². The van der Waals surface area contributed by atoms with Gasteiger partial charge in [0.25, 0.3) is 0 Å². The maximum atomic E-state index is 12.4. The summed E-state index contributed by atoms with van der Waals surface area (Å²) >= 11 is 0. The first-order valence-corrected chi connectivity index (χ1v) is 6.19. The minimum absolute atomic E-state index is 0.0443. The van der Waals surface area contributed by atoms with E-state index in [4.69, 9.17) is 4.74 Å². The summed E-state index contributed by atoms with van der Waals surface area (Å²) in [6.45, 7) is 3.65. The van der Waals surface area contributed by atoms with Crippen LogP contribution < -0.4 is 0 Å². The van der Waals surface area contributed by atoms with Crippen LogP contribution in [-0.4, -0.2) is 23.4 Å². The van der Waals surface area contributed by atoms with E-state index in [1.165, 1.54) is 7.11 Å². The number of fused-ring (bicyclic) bond motifs is 1. The summed E-state index contributed by atoms with van der Waals surface area (Å²) in [5.41, 5.74) is 1.63. The lowest BCUT2D eigenvalue weighted by molar-refractivity contribution is 0.0586. The van der Waals surface area contributed by atoms with Crippen molar-refractivity contribution in [3.8, 4) is 0 Å². The Hall–Kier alpha value is -2.10. The molecule has 2 rings (SSSR count). The minimum Gasteiger partial charge on any atom is -0.464 e. The number of nitrogens with zero attached hydrogens (tertiary/aromatic N) is 1. The van der Waals surface area contributed by atoms with Gasteiger partial charge in [-0.05, 0) is 6.07 Å². The van der Waals surface area contributed by atoms with Crippen molar-refractivity contribution >= 4 is 22.7 Å². The lowest BCUT2D eigenvalue weighted by atomic mass is 9.98. The zero-order valence-electron chi connectivity index (χ0n) is 11.6. The van der Waals surface area contributed by atoms with Crippen molar-refractivity contribution in [1.82, 2.24) is 4.57 Å². The molecule has 0 fully saturated rings. The van der Waals surface area contributed by atoms with Gasteiger partial charge in [-0.2, -0.15) is 0 Å². The Labute approximate surface area is 112 Å². The highest BCUT2D eigenvalue weighted by atomic mass is 16.5. The third-order valence-corrected chi connectivity index (χ3v) is 3.26. The molecule has 0 amide bonds. The average Bonchev–Trinajstić information content (AvgIpc) is 2.70. The topological polar surface area (TPSA) is 48.3 Å². The Kier molecular flexibility index (Phi) is 3.42. The number of hydrogen-bond acceptors (Lipinski definition) is 3. The van der Waals surface area contributed by atoms with E-state index in [0.717, 1.165) is 10.9 Å². The second-order valence-corrected chi connectivity index (χ2v) is 4.81. The lowest BCUT2D eigenvalue weighted by Crippen LogP contribution is -2.16. The van der Waals surface area contributed by atoms with Gasteiger partial charge in [-0.15, -0.1) is 0 Å². The Morgan fingerprint density at radius 1 is 1.21 bits per heavy atom. The quantitative estimate of drug-likeness (QED) is 0.629. The van der Waals surface area contributed by atoms with E-state index < -0.39 is 5.97 Å². The molecule has 100 valence electrons. The van der Waals surface area contributed by atoms with Gasteiger partial charge in [0.1, 0.15) is 5.69 Å². The number of ketones is 1. The molecule has 0 unspecified atom stereocenters. The van der Waals surface area contributed by atoms with Crippen LogP contribution in [0.3, 0.4) is 0 Å². The number of ether oxygens (including phenoxy) is 1. The lowest BCUT2D eigenvalue weighted by Gasteiger charge is -2.07. The highest BCUT2D eigenvalue weighted by Crippen LogP contribution is 2.28. The highest BCUT2D eigenvalue weighted by Gasteiger charge is 2.27. The molecule has 0 N–H and O–H groups in total. The molecule has 0 aliphatic heterocycles. The summed E-state index contributed by atoms with van der Waals surface area (Å²) in [6.07, 6.45) is 0. The van der Waals surface area contributed by atoms with Crippen molar-refractivity contribution < 1.29 is 14.3 Å². The van der Waals surface area contributed by atoms with Crippen LogP contribution in [-0.2, 0) is 11.8 Å². The molecular formula is C15H17NO3.